The normalized spacial score (nSPS) is 33.2. The number of hydrogen-bond acceptors (Lipinski definition) is 3. The summed E-state index contributed by atoms with van der Waals surface area (Å²) in [4.78, 5) is 2.49. The molecule has 2 fully saturated rings. The predicted molar refractivity (Wildman–Crippen MR) is 63.3 cm³/mol. The van der Waals surface area contributed by atoms with Crippen molar-refractivity contribution in [2.24, 2.45) is 0 Å². The molecule has 2 rings (SSSR count). The van der Waals surface area contributed by atoms with Crippen molar-refractivity contribution < 1.29 is 32.7 Å². The van der Waals surface area contributed by atoms with Crippen molar-refractivity contribution in [1.29, 1.82) is 0 Å². The Morgan fingerprint density at radius 1 is 1.36 bits per heavy atom. The van der Waals surface area contributed by atoms with Gasteiger partial charge in [0.15, 0.2) is 0 Å². The van der Waals surface area contributed by atoms with Crippen molar-refractivity contribution in [2.45, 2.75) is 30.4 Å². The summed E-state index contributed by atoms with van der Waals surface area (Å²) in [7, 11) is 2.25. The molecule has 0 aromatic heterocycles. The molecule has 1 radical (unpaired) electrons. The standard InChI is InChI=1S/C10H18NS2.Y/c1-8-9(2)11(3)7-10(8)12-5-4-6-13-10;/h9H,4-7H2,1-3H3;/q-1;/t9-;/m1./s1. The van der Waals surface area contributed by atoms with E-state index in [0.29, 0.717) is 10.1 Å². The third-order valence-electron chi connectivity index (χ3n) is 3.31. The van der Waals surface area contributed by atoms with Gasteiger partial charge < -0.3 is 4.90 Å². The predicted octanol–water partition coefficient (Wildman–Crippen LogP) is 2.48. The van der Waals surface area contributed by atoms with Crippen LogP contribution in [0.15, 0.2) is 0 Å². The Morgan fingerprint density at radius 3 is 2.36 bits per heavy atom. The Balaban J connectivity index is 0.000000980. The number of rotatable bonds is 0. The Labute approximate surface area is 121 Å². The van der Waals surface area contributed by atoms with Gasteiger partial charge in [0, 0.05) is 32.7 Å². The maximum Gasteiger partial charge on any atom is 0 e. The molecule has 1 atom stereocenters. The topological polar surface area (TPSA) is 3.24 Å². The van der Waals surface area contributed by atoms with Gasteiger partial charge in [-0.25, -0.2) is 0 Å². The van der Waals surface area contributed by atoms with Crippen molar-refractivity contribution >= 4 is 23.5 Å². The second kappa shape index (κ2) is 5.40. The molecule has 0 aromatic carbocycles. The maximum absolute atomic E-state index is 2.49. The van der Waals surface area contributed by atoms with E-state index < -0.39 is 0 Å². The summed E-state index contributed by atoms with van der Waals surface area (Å²) >= 11 is 4.35. The number of hydrogen-bond donors (Lipinski definition) is 0. The maximum atomic E-state index is 2.49. The molecule has 0 saturated carbocycles. The summed E-state index contributed by atoms with van der Waals surface area (Å²) in [5.41, 5.74) is 0. The molecule has 0 bridgehead atoms. The van der Waals surface area contributed by atoms with Crippen molar-refractivity contribution in [2.75, 3.05) is 25.1 Å². The smallest absolute Gasteiger partial charge is 0 e. The summed E-state index contributed by atoms with van der Waals surface area (Å²) in [6.45, 7) is 5.93. The zero-order valence-corrected chi connectivity index (χ0v) is 13.7. The van der Waals surface area contributed by atoms with Crippen LogP contribution >= 0.6 is 23.5 Å². The van der Waals surface area contributed by atoms with Crippen LogP contribution in [-0.2, 0) is 32.7 Å². The van der Waals surface area contributed by atoms with Crippen LogP contribution in [0.5, 0.6) is 0 Å². The molecule has 79 valence electrons. The fourth-order valence-electron chi connectivity index (χ4n) is 2.13. The largest absolute Gasteiger partial charge is 0.333 e. The Morgan fingerprint density at radius 2 is 1.93 bits per heavy atom. The van der Waals surface area contributed by atoms with Crippen molar-refractivity contribution in [1.82, 2.24) is 4.90 Å². The van der Waals surface area contributed by atoms with E-state index in [2.05, 4.69) is 49.3 Å². The van der Waals surface area contributed by atoms with Crippen LogP contribution < -0.4 is 0 Å². The first-order chi connectivity index (χ1) is 6.16. The molecule has 4 heteroatoms. The monoisotopic (exact) mass is 305 g/mol. The zero-order valence-electron chi connectivity index (χ0n) is 9.25. The molecular weight excluding hydrogens is 287 g/mol. The van der Waals surface area contributed by atoms with Gasteiger partial charge in [0.25, 0.3) is 0 Å². The van der Waals surface area contributed by atoms with E-state index in [1.54, 1.807) is 5.92 Å². The van der Waals surface area contributed by atoms with Crippen LogP contribution in [0.2, 0.25) is 0 Å². The molecule has 1 nitrogen and oxygen atoms in total. The summed E-state index contributed by atoms with van der Waals surface area (Å²) < 4.78 is 0.451. The minimum absolute atomic E-state index is 0. The van der Waals surface area contributed by atoms with Crippen molar-refractivity contribution in [3.8, 4) is 0 Å². The summed E-state index contributed by atoms with van der Waals surface area (Å²) in [6.07, 6.45) is 1.39. The minimum Gasteiger partial charge on any atom is -0.333 e. The Hall–Kier alpha value is 1.76. The third-order valence-corrected chi connectivity index (χ3v) is 6.83. The van der Waals surface area contributed by atoms with Gasteiger partial charge in [-0.3, -0.25) is 5.92 Å². The van der Waals surface area contributed by atoms with Gasteiger partial charge in [-0.1, -0.05) is 6.92 Å². The van der Waals surface area contributed by atoms with Crippen LogP contribution in [0.3, 0.4) is 0 Å². The average Bonchev–Trinajstić information content (AvgIpc) is 2.33. The van der Waals surface area contributed by atoms with Gasteiger partial charge in [-0.2, -0.15) is 30.4 Å². The first kappa shape index (κ1) is 13.8. The molecule has 0 amide bonds. The van der Waals surface area contributed by atoms with E-state index in [9.17, 15) is 0 Å². The molecule has 2 aliphatic rings. The van der Waals surface area contributed by atoms with Crippen molar-refractivity contribution in [3.63, 3.8) is 0 Å². The Bertz CT molecular complexity index is 195. The van der Waals surface area contributed by atoms with Gasteiger partial charge in [-0.05, 0) is 35.6 Å². The molecular formula is C10H18NS2Y-. The zero-order chi connectivity index (χ0) is 9.47. The van der Waals surface area contributed by atoms with Crippen LogP contribution in [0.4, 0.5) is 0 Å². The van der Waals surface area contributed by atoms with Crippen LogP contribution in [0, 0.1) is 5.92 Å². The molecule has 0 unspecified atom stereocenters. The van der Waals surface area contributed by atoms with Crippen LogP contribution in [0.1, 0.15) is 20.3 Å². The van der Waals surface area contributed by atoms with E-state index in [4.69, 9.17) is 0 Å². The van der Waals surface area contributed by atoms with E-state index in [-0.39, 0.29) is 32.7 Å². The SMILES string of the molecule is C[C-]1[C@@H](C)N(C)CC12SCCCS2.[Y]. The second-order valence-corrected chi connectivity index (χ2v) is 7.12. The summed E-state index contributed by atoms with van der Waals surface area (Å²) in [5.74, 6) is 4.39. The minimum atomic E-state index is 0. The van der Waals surface area contributed by atoms with Gasteiger partial charge in [0.05, 0.1) is 0 Å². The molecule has 2 saturated heterocycles. The third kappa shape index (κ3) is 2.37. The van der Waals surface area contributed by atoms with E-state index in [1.807, 2.05) is 0 Å². The molecule has 0 N–H and O–H groups in total. The molecule has 2 aliphatic heterocycles. The fourth-order valence-corrected chi connectivity index (χ4v) is 5.77. The quantitative estimate of drug-likeness (QED) is 0.633. The van der Waals surface area contributed by atoms with Crippen LogP contribution in [-0.4, -0.2) is 40.1 Å². The average molecular weight is 305 g/mol. The summed E-state index contributed by atoms with van der Waals surface area (Å²) in [6, 6.07) is 0.679. The van der Waals surface area contributed by atoms with Gasteiger partial charge in [0.2, 0.25) is 0 Å². The molecule has 1 spiro atoms. The number of likely N-dealkylation sites (tertiary alicyclic amines) is 1. The number of thioether (sulfide) groups is 2. The van der Waals surface area contributed by atoms with E-state index >= 15 is 0 Å². The first-order valence-electron chi connectivity index (χ1n) is 4.98. The molecule has 0 aliphatic carbocycles. The van der Waals surface area contributed by atoms with Crippen molar-refractivity contribution in [3.05, 3.63) is 5.92 Å². The Kier molecular flexibility index (Phi) is 5.33. The van der Waals surface area contributed by atoms with Gasteiger partial charge in [0.1, 0.15) is 0 Å². The second-order valence-electron chi connectivity index (χ2n) is 4.08. The first-order valence-corrected chi connectivity index (χ1v) is 6.95. The molecule has 2 heterocycles. The number of nitrogens with zero attached hydrogens (tertiary/aromatic N) is 1. The summed E-state index contributed by atoms with van der Waals surface area (Å²) in [5, 5.41) is 0. The molecule has 0 aromatic rings. The van der Waals surface area contributed by atoms with Crippen LogP contribution in [0.25, 0.3) is 0 Å². The van der Waals surface area contributed by atoms with E-state index in [0.717, 1.165) is 0 Å². The van der Waals surface area contributed by atoms with Gasteiger partial charge in [-0.15, -0.1) is 6.04 Å². The molecule has 14 heavy (non-hydrogen) atoms. The fraction of sp³-hybridized carbons (Fsp3) is 0.900. The van der Waals surface area contributed by atoms with Gasteiger partial charge >= 0.3 is 0 Å². The van der Waals surface area contributed by atoms with E-state index in [1.165, 1.54) is 24.5 Å².